The molecular formula is C44H36NOP. The molecule has 5 aromatic carbocycles. The summed E-state index contributed by atoms with van der Waals surface area (Å²) in [5.74, 6) is 1.59. The predicted molar refractivity (Wildman–Crippen MR) is 201 cm³/mol. The van der Waals surface area contributed by atoms with Crippen molar-refractivity contribution in [3.05, 3.63) is 163 Å². The van der Waals surface area contributed by atoms with Crippen LogP contribution in [-0.4, -0.2) is 17.4 Å². The van der Waals surface area contributed by atoms with E-state index in [4.69, 9.17) is 9.41 Å². The molecule has 0 radical (unpaired) electrons. The van der Waals surface area contributed by atoms with E-state index in [-0.39, 0.29) is 6.04 Å². The van der Waals surface area contributed by atoms with Gasteiger partial charge in [-0.2, -0.15) is 0 Å². The van der Waals surface area contributed by atoms with Crippen LogP contribution in [0.2, 0.25) is 0 Å². The van der Waals surface area contributed by atoms with Gasteiger partial charge in [-0.05, 0) is 89.9 Å². The summed E-state index contributed by atoms with van der Waals surface area (Å²) in [4.78, 5) is 5.33. The van der Waals surface area contributed by atoms with Crippen molar-refractivity contribution in [2.45, 2.75) is 37.9 Å². The van der Waals surface area contributed by atoms with E-state index in [9.17, 15) is 0 Å². The average molecular weight is 626 g/mol. The van der Waals surface area contributed by atoms with Crippen LogP contribution in [-0.2, 0) is 0 Å². The minimum Gasteiger partial charge on any atom is -0.455 e. The molecule has 0 spiro atoms. The number of para-hydroxylation sites is 1. The minimum absolute atomic E-state index is 0.128. The Morgan fingerprint density at radius 3 is 2.34 bits per heavy atom. The lowest BCUT2D eigenvalue weighted by Gasteiger charge is -2.30. The molecule has 4 aliphatic rings. The maximum absolute atomic E-state index is 6.46. The van der Waals surface area contributed by atoms with Crippen molar-refractivity contribution in [1.29, 1.82) is 0 Å². The number of hydrogen-bond acceptors (Lipinski definition) is 2. The maximum atomic E-state index is 6.46. The van der Waals surface area contributed by atoms with Gasteiger partial charge in [0.15, 0.2) is 0 Å². The number of nitrogens with zero attached hydrogens (tertiary/aromatic N) is 1. The third kappa shape index (κ3) is 5.22. The first-order chi connectivity index (χ1) is 23.2. The molecule has 3 heterocycles. The highest BCUT2D eigenvalue weighted by Gasteiger charge is 2.28. The molecule has 0 fully saturated rings. The number of furan rings is 1. The molecule has 10 rings (SSSR count). The van der Waals surface area contributed by atoms with Gasteiger partial charge < -0.3 is 4.42 Å². The lowest BCUT2D eigenvalue weighted by molar-refractivity contribution is 0.589. The number of hydrogen-bond donors (Lipinski definition) is 0. The molecule has 47 heavy (non-hydrogen) atoms. The Morgan fingerprint density at radius 2 is 1.49 bits per heavy atom. The Labute approximate surface area is 277 Å². The lowest BCUT2D eigenvalue weighted by atomic mass is 9.90. The molecule has 2 nitrogen and oxygen atoms in total. The quantitative estimate of drug-likeness (QED) is 0.138. The smallest absolute Gasteiger partial charge is 0.144 e. The Hall–Kier alpha value is -4.78. The number of rotatable bonds is 5. The zero-order chi connectivity index (χ0) is 31.3. The lowest BCUT2D eigenvalue weighted by Crippen LogP contribution is -2.22. The second-order valence-corrected chi connectivity index (χ2v) is 15.6. The highest BCUT2D eigenvalue weighted by molar-refractivity contribution is 7.73. The van der Waals surface area contributed by atoms with Gasteiger partial charge >= 0.3 is 0 Å². The number of aliphatic imine (C=N–C) groups is 1. The van der Waals surface area contributed by atoms with Crippen LogP contribution < -0.4 is 10.6 Å². The van der Waals surface area contributed by atoms with Gasteiger partial charge in [-0.1, -0.05) is 128 Å². The molecule has 2 aliphatic heterocycles. The zero-order valence-electron chi connectivity index (χ0n) is 26.5. The highest BCUT2D eigenvalue weighted by atomic mass is 31.1. The molecule has 2 aliphatic carbocycles. The van der Waals surface area contributed by atoms with Gasteiger partial charge in [0.2, 0.25) is 0 Å². The van der Waals surface area contributed by atoms with Gasteiger partial charge in [-0.25, -0.2) is 0 Å². The van der Waals surface area contributed by atoms with E-state index < -0.39 is 7.92 Å². The van der Waals surface area contributed by atoms with Crippen LogP contribution in [0.3, 0.4) is 0 Å². The number of benzene rings is 5. The van der Waals surface area contributed by atoms with Crippen LogP contribution >= 0.6 is 7.92 Å². The van der Waals surface area contributed by atoms with E-state index in [1.54, 1.807) is 0 Å². The van der Waals surface area contributed by atoms with E-state index in [0.717, 1.165) is 45.6 Å². The average Bonchev–Trinajstić information content (AvgIpc) is 3.49. The van der Waals surface area contributed by atoms with E-state index >= 15 is 0 Å². The minimum atomic E-state index is -0.477. The summed E-state index contributed by atoms with van der Waals surface area (Å²) in [5.41, 5.74) is 8.27. The van der Waals surface area contributed by atoms with E-state index in [2.05, 4.69) is 146 Å². The summed E-state index contributed by atoms with van der Waals surface area (Å²) in [6.45, 7) is 2.33. The first-order valence-electron chi connectivity index (χ1n) is 16.8. The Morgan fingerprint density at radius 1 is 0.681 bits per heavy atom. The molecule has 0 saturated heterocycles. The van der Waals surface area contributed by atoms with Crippen LogP contribution in [0, 0.1) is 5.92 Å². The fraction of sp³-hybridized carbons (Fsp3) is 0.159. The molecule has 0 amide bonds. The molecule has 1 aromatic heterocycles. The Bertz CT molecular complexity index is 2270. The second kappa shape index (κ2) is 11.8. The van der Waals surface area contributed by atoms with Gasteiger partial charge in [-0.3, -0.25) is 4.99 Å². The van der Waals surface area contributed by atoms with Crippen LogP contribution in [0.15, 0.2) is 155 Å². The van der Waals surface area contributed by atoms with Crippen molar-refractivity contribution in [2.75, 3.05) is 0 Å². The number of fused-ring (bicyclic) bond motifs is 3. The normalized spacial score (nSPS) is 21.9. The molecule has 2 bridgehead atoms. The second-order valence-electron chi connectivity index (χ2n) is 13.1. The monoisotopic (exact) mass is 625 g/mol. The van der Waals surface area contributed by atoms with Gasteiger partial charge in [-0.15, -0.1) is 0 Å². The van der Waals surface area contributed by atoms with E-state index in [1.807, 2.05) is 6.07 Å². The van der Waals surface area contributed by atoms with Gasteiger partial charge in [0.25, 0.3) is 0 Å². The number of allylic oxidation sites excluding steroid dienone is 4. The maximum Gasteiger partial charge on any atom is 0.144 e. The Kier molecular flexibility index (Phi) is 7.13. The summed E-state index contributed by atoms with van der Waals surface area (Å²) in [7, 11) is -0.477. The predicted octanol–water partition coefficient (Wildman–Crippen LogP) is 10.6. The van der Waals surface area contributed by atoms with E-state index in [1.165, 1.54) is 45.4 Å². The van der Waals surface area contributed by atoms with Gasteiger partial charge in [0, 0.05) is 22.2 Å². The van der Waals surface area contributed by atoms with Crippen molar-refractivity contribution >= 4 is 51.6 Å². The van der Waals surface area contributed by atoms with Crippen molar-refractivity contribution in [3.63, 3.8) is 0 Å². The van der Waals surface area contributed by atoms with E-state index in [0.29, 0.717) is 11.6 Å². The van der Waals surface area contributed by atoms with Crippen molar-refractivity contribution in [1.82, 2.24) is 0 Å². The topological polar surface area (TPSA) is 25.5 Å². The summed E-state index contributed by atoms with van der Waals surface area (Å²) in [6.07, 6.45) is 15.0. The van der Waals surface area contributed by atoms with Gasteiger partial charge in [0.1, 0.15) is 11.3 Å². The summed E-state index contributed by atoms with van der Waals surface area (Å²) in [5, 5.41) is 6.61. The standard InChI is InChI=1S/C44H36NOP/c1-29-14-23-38(24-15-29)47(37-10-3-2-4-11-37)39-25-20-33-26-32(16-17-34(33)28-39)31-8-7-9-35(27-31)43-42-40-12-5-6-13-41(40)46-44(42)30-18-21-36(45-43)22-19-30/h2-14,16-21,23,25-29,36,38H,15,22,24H2,1H3/b45-43-/t29-,36?,38?,47?/m0/s1. The molecule has 4 atom stereocenters. The third-order valence-electron chi connectivity index (χ3n) is 9.98. The molecule has 3 unspecified atom stereocenters. The SMILES string of the molecule is C[C@H]1C=CC(P(c2ccccc2)c2ccc3cc(-c4cccc(/C5=N/C6C=CC(=CC6)c6oc7ccccc7c65)c4)ccc3c2)CC1. The van der Waals surface area contributed by atoms with Gasteiger partial charge in [0.05, 0.1) is 17.3 Å². The molecule has 0 saturated carbocycles. The van der Waals surface area contributed by atoms with Crippen molar-refractivity contribution in [3.8, 4) is 11.1 Å². The highest BCUT2D eigenvalue weighted by Crippen LogP contribution is 2.45. The van der Waals surface area contributed by atoms with Crippen LogP contribution in [0.25, 0.3) is 38.4 Å². The van der Waals surface area contributed by atoms with Crippen molar-refractivity contribution < 1.29 is 4.42 Å². The molecular weight excluding hydrogens is 589 g/mol. The molecule has 0 N–H and O–H groups in total. The summed E-state index contributed by atoms with van der Waals surface area (Å²) < 4.78 is 6.46. The molecule has 6 aromatic rings. The fourth-order valence-corrected chi connectivity index (χ4v) is 10.2. The first-order valence-corrected chi connectivity index (χ1v) is 18.2. The van der Waals surface area contributed by atoms with Crippen LogP contribution in [0.5, 0.6) is 0 Å². The Balaban J connectivity index is 1.10. The fourth-order valence-electron chi connectivity index (χ4n) is 7.49. The molecule has 228 valence electrons. The summed E-state index contributed by atoms with van der Waals surface area (Å²) in [6, 6.07) is 42.6. The largest absolute Gasteiger partial charge is 0.455 e. The zero-order valence-corrected chi connectivity index (χ0v) is 27.4. The molecule has 3 heteroatoms. The third-order valence-corrected chi connectivity index (χ3v) is 12.8. The van der Waals surface area contributed by atoms with Crippen LogP contribution in [0.4, 0.5) is 0 Å². The first kappa shape index (κ1) is 28.4. The summed E-state index contributed by atoms with van der Waals surface area (Å²) >= 11 is 0. The van der Waals surface area contributed by atoms with Crippen LogP contribution in [0.1, 0.15) is 43.1 Å². The van der Waals surface area contributed by atoms with Crippen molar-refractivity contribution in [2.24, 2.45) is 10.9 Å².